The minimum Gasteiger partial charge on any atom is -0.398 e. The van der Waals surface area contributed by atoms with Gasteiger partial charge in [-0.3, -0.25) is 4.79 Å². The molecule has 4 heteroatoms. The molecule has 0 unspecified atom stereocenters. The molecule has 3 nitrogen and oxygen atoms in total. The molecule has 1 rings (SSSR count). The van der Waals surface area contributed by atoms with E-state index in [1.807, 2.05) is 27.7 Å². The number of nitrogen functional groups attached to an aromatic ring is 1. The van der Waals surface area contributed by atoms with Gasteiger partial charge in [-0.05, 0) is 38.0 Å². The Balaban J connectivity index is 3.05. The van der Waals surface area contributed by atoms with Crippen LogP contribution in [-0.2, 0) is 0 Å². The van der Waals surface area contributed by atoms with Gasteiger partial charge in [-0.2, -0.15) is 0 Å². The Bertz CT molecular complexity index is 430. The van der Waals surface area contributed by atoms with E-state index in [4.69, 9.17) is 5.73 Å². The summed E-state index contributed by atoms with van der Waals surface area (Å²) < 4.78 is 13.2. The zero-order valence-electron chi connectivity index (χ0n) is 11.4. The molecule has 0 saturated heterocycles. The minimum absolute atomic E-state index is 0.0579. The number of benzene rings is 1. The van der Waals surface area contributed by atoms with Gasteiger partial charge >= 0.3 is 0 Å². The Kier molecular flexibility index (Phi) is 4.70. The van der Waals surface area contributed by atoms with Crippen molar-refractivity contribution in [2.45, 2.75) is 33.7 Å². The van der Waals surface area contributed by atoms with Gasteiger partial charge in [0, 0.05) is 18.3 Å². The van der Waals surface area contributed by atoms with Crippen LogP contribution >= 0.6 is 0 Å². The maximum atomic E-state index is 13.2. The van der Waals surface area contributed by atoms with Gasteiger partial charge < -0.3 is 10.6 Å². The average Bonchev–Trinajstić information content (AvgIpc) is 2.27. The molecule has 0 heterocycles. The third-order valence-corrected chi connectivity index (χ3v) is 2.69. The van der Waals surface area contributed by atoms with Crippen molar-refractivity contribution in [2.75, 3.05) is 12.3 Å². The largest absolute Gasteiger partial charge is 0.398 e. The van der Waals surface area contributed by atoms with Gasteiger partial charge in [0.15, 0.2) is 0 Å². The second-order valence-electron chi connectivity index (χ2n) is 5.18. The Morgan fingerprint density at radius 1 is 1.33 bits per heavy atom. The van der Waals surface area contributed by atoms with Crippen molar-refractivity contribution in [1.82, 2.24) is 4.90 Å². The summed E-state index contributed by atoms with van der Waals surface area (Å²) in [5.74, 6) is -0.303. The number of nitrogens with two attached hydrogens (primary N) is 1. The number of rotatable bonds is 4. The number of amides is 1. The van der Waals surface area contributed by atoms with E-state index in [1.165, 1.54) is 18.2 Å². The summed E-state index contributed by atoms with van der Waals surface area (Å²) in [5, 5.41) is 0. The van der Waals surface area contributed by atoms with Crippen molar-refractivity contribution < 1.29 is 9.18 Å². The zero-order valence-corrected chi connectivity index (χ0v) is 11.4. The first-order valence-corrected chi connectivity index (χ1v) is 6.19. The molecule has 1 aromatic rings. The van der Waals surface area contributed by atoms with Crippen molar-refractivity contribution in [2.24, 2.45) is 5.92 Å². The fourth-order valence-corrected chi connectivity index (χ4v) is 1.79. The maximum Gasteiger partial charge on any atom is 0.256 e. The molecule has 1 amide bonds. The molecule has 0 aliphatic carbocycles. The van der Waals surface area contributed by atoms with Gasteiger partial charge in [0.05, 0.1) is 5.56 Å². The molecule has 18 heavy (non-hydrogen) atoms. The van der Waals surface area contributed by atoms with Crippen LogP contribution < -0.4 is 5.73 Å². The van der Waals surface area contributed by atoms with Gasteiger partial charge in [-0.1, -0.05) is 13.8 Å². The molecule has 0 bridgehead atoms. The van der Waals surface area contributed by atoms with Crippen LogP contribution in [0.3, 0.4) is 0 Å². The van der Waals surface area contributed by atoms with E-state index in [9.17, 15) is 9.18 Å². The molecule has 0 fully saturated rings. The highest BCUT2D eigenvalue weighted by Gasteiger charge is 2.21. The predicted molar refractivity (Wildman–Crippen MR) is 71.8 cm³/mol. The van der Waals surface area contributed by atoms with Crippen molar-refractivity contribution in [1.29, 1.82) is 0 Å². The number of carbonyl (C=O) groups is 1. The number of halogens is 1. The molecule has 0 saturated carbocycles. The summed E-state index contributed by atoms with van der Waals surface area (Å²) in [6.45, 7) is 8.59. The SMILES string of the molecule is CC(C)CN(C(=O)c1cc(F)ccc1N)C(C)C. The third-order valence-electron chi connectivity index (χ3n) is 2.69. The summed E-state index contributed by atoms with van der Waals surface area (Å²) in [7, 11) is 0. The molecular formula is C14H21FN2O. The Labute approximate surface area is 108 Å². The average molecular weight is 252 g/mol. The standard InChI is InChI=1S/C14H21FN2O/c1-9(2)8-17(10(3)4)14(18)12-7-11(15)5-6-13(12)16/h5-7,9-10H,8,16H2,1-4H3. The lowest BCUT2D eigenvalue weighted by atomic mass is 10.1. The number of anilines is 1. The number of carbonyl (C=O) groups excluding carboxylic acids is 1. The Morgan fingerprint density at radius 3 is 2.44 bits per heavy atom. The second kappa shape index (κ2) is 5.85. The molecule has 0 radical (unpaired) electrons. The lowest BCUT2D eigenvalue weighted by Crippen LogP contribution is -2.39. The van der Waals surface area contributed by atoms with E-state index in [-0.39, 0.29) is 17.5 Å². The van der Waals surface area contributed by atoms with Gasteiger partial charge in [0.1, 0.15) is 5.82 Å². The molecule has 0 aliphatic rings. The molecule has 2 N–H and O–H groups in total. The van der Waals surface area contributed by atoms with Crippen LogP contribution in [0.1, 0.15) is 38.1 Å². The van der Waals surface area contributed by atoms with Crippen molar-refractivity contribution in [3.05, 3.63) is 29.6 Å². The van der Waals surface area contributed by atoms with Crippen LogP contribution in [-0.4, -0.2) is 23.4 Å². The second-order valence-corrected chi connectivity index (χ2v) is 5.18. The lowest BCUT2D eigenvalue weighted by Gasteiger charge is -2.29. The first-order chi connectivity index (χ1) is 8.32. The van der Waals surface area contributed by atoms with Gasteiger partial charge in [0.2, 0.25) is 0 Å². The summed E-state index contributed by atoms with van der Waals surface area (Å²) >= 11 is 0. The topological polar surface area (TPSA) is 46.3 Å². The summed E-state index contributed by atoms with van der Waals surface area (Å²) in [5.41, 5.74) is 6.30. The summed E-state index contributed by atoms with van der Waals surface area (Å²) in [6.07, 6.45) is 0. The van der Waals surface area contributed by atoms with Crippen LogP contribution in [0.4, 0.5) is 10.1 Å². The highest BCUT2D eigenvalue weighted by atomic mass is 19.1. The van der Waals surface area contributed by atoms with Crippen molar-refractivity contribution in [3.63, 3.8) is 0 Å². The highest BCUT2D eigenvalue weighted by molar-refractivity contribution is 5.99. The monoisotopic (exact) mass is 252 g/mol. The number of hydrogen-bond acceptors (Lipinski definition) is 2. The summed E-state index contributed by atoms with van der Waals surface area (Å²) in [6, 6.07) is 3.94. The minimum atomic E-state index is -0.444. The third kappa shape index (κ3) is 3.45. The summed E-state index contributed by atoms with van der Waals surface area (Å²) in [4.78, 5) is 14.1. The van der Waals surface area contributed by atoms with E-state index in [1.54, 1.807) is 4.90 Å². The predicted octanol–water partition coefficient (Wildman–Crippen LogP) is 2.91. The Hall–Kier alpha value is -1.58. The quantitative estimate of drug-likeness (QED) is 0.837. The lowest BCUT2D eigenvalue weighted by molar-refractivity contribution is 0.0682. The fourth-order valence-electron chi connectivity index (χ4n) is 1.79. The first-order valence-electron chi connectivity index (χ1n) is 6.19. The number of hydrogen-bond donors (Lipinski definition) is 1. The normalized spacial score (nSPS) is 11.1. The molecule has 100 valence electrons. The van der Waals surface area contributed by atoms with Gasteiger partial charge in [0.25, 0.3) is 5.91 Å². The number of nitrogens with zero attached hydrogens (tertiary/aromatic N) is 1. The van der Waals surface area contributed by atoms with E-state index < -0.39 is 5.82 Å². The van der Waals surface area contributed by atoms with Crippen LogP contribution in [0.15, 0.2) is 18.2 Å². The zero-order chi connectivity index (χ0) is 13.9. The van der Waals surface area contributed by atoms with Crippen molar-refractivity contribution >= 4 is 11.6 Å². The molecule has 0 aliphatic heterocycles. The molecule has 0 atom stereocenters. The van der Waals surface area contributed by atoms with Crippen LogP contribution in [0.2, 0.25) is 0 Å². The van der Waals surface area contributed by atoms with E-state index in [0.29, 0.717) is 18.2 Å². The van der Waals surface area contributed by atoms with E-state index in [2.05, 4.69) is 0 Å². The van der Waals surface area contributed by atoms with Crippen LogP contribution in [0, 0.1) is 11.7 Å². The highest BCUT2D eigenvalue weighted by Crippen LogP contribution is 2.18. The fraction of sp³-hybridized carbons (Fsp3) is 0.500. The Morgan fingerprint density at radius 2 is 1.94 bits per heavy atom. The smallest absolute Gasteiger partial charge is 0.256 e. The van der Waals surface area contributed by atoms with Gasteiger partial charge in [-0.25, -0.2) is 4.39 Å². The van der Waals surface area contributed by atoms with Gasteiger partial charge in [-0.15, -0.1) is 0 Å². The van der Waals surface area contributed by atoms with Crippen LogP contribution in [0.5, 0.6) is 0 Å². The first kappa shape index (κ1) is 14.5. The molecule has 1 aromatic carbocycles. The van der Waals surface area contributed by atoms with E-state index >= 15 is 0 Å². The van der Waals surface area contributed by atoms with Crippen LogP contribution in [0.25, 0.3) is 0 Å². The molecule has 0 spiro atoms. The van der Waals surface area contributed by atoms with Crippen molar-refractivity contribution in [3.8, 4) is 0 Å². The molecular weight excluding hydrogens is 231 g/mol. The molecule has 0 aromatic heterocycles. The maximum absolute atomic E-state index is 13.2. The van der Waals surface area contributed by atoms with E-state index in [0.717, 1.165) is 0 Å².